The van der Waals surface area contributed by atoms with Gasteiger partial charge < -0.3 is 11.1 Å². The van der Waals surface area contributed by atoms with Crippen LogP contribution in [0.2, 0.25) is 0 Å². The molecule has 0 aliphatic heterocycles. The highest BCUT2D eigenvalue weighted by atomic mass is 16.2. The van der Waals surface area contributed by atoms with Gasteiger partial charge in [0.25, 0.3) is 5.91 Å². The zero-order valence-corrected chi connectivity index (χ0v) is 9.66. The summed E-state index contributed by atoms with van der Waals surface area (Å²) >= 11 is 0. The van der Waals surface area contributed by atoms with Gasteiger partial charge in [0.1, 0.15) is 0 Å². The Morgan fingerprint density at radius 2 is 2.24 bits per heavy atom. The van der Waals surface area contributed by atoms with E-state index in [9.17, 15) is 4.79 Å². The number of carbonyl (C=O) groups is 1. The summed E-state index contributed by atoms with van der Waals surface area (Å²) in [5.41, 5.74) is 8.00. The topological polar surface area (TPSA) is 112 Å². The van der Waals surface area contributed by atoms with Crippen molar-refractivity contribution in [1.82, 2.24) is 20.4 Å². The Hall–Kier alpha value is -2.31. The number of carbonyl (C=O) groups excluding carboxylic acids is 1. The number of nitrogens with one attached hydrogen (secondary N) is 3. The third kappa shape index (κ3) is 2.12. The molecule has 0 aliphatic carbocycles. The highest BCUT2D eigenvalue weighted by molar-refractivity contribution is 6.06. The quantitative estimate of drug-likeness (QED) is 0.630. The second-order valence-electron chi connectivity index (χ2n) is 3.71. The molecule has 0 fully saturated rings. The van der Waals surface area contributed by atoms with Crippen LogP contribution >= 0.6 is 0 Å². The summed E-state index contributed by atoms with van der Waals surface area (Å²) in [5.74, 6) is 0.0814. The number of aromatic nitrogens is 4. The average Bonchev–Trinajstić information content (AvgIpc) is 2.85. The molecule has 0 saturated carbocycles. The van der Waals surface area contributed by atoms with E-state index in [1.165, 1.54) is 0 Å². The van der Waals surface area contributed by atoms with Crippen LogP contribution in [0, 0.1) is 6.92 Å². The molecule has 2 aromatic heterocycles. The van der Waals surface area contributed by atoms with Crippen LogP contribution in [0.1, 0.15) is 28.8 Å². The number of anilines is 2. The van der Waals surface area contributed by atoms with E-state index in [2.05, 4.69) is 25.7 Å². The lowest BCUT2D eigenvalue weighted by Crippen LogP contribution is -2.14. The fraction of sp³-hybridized carbons (Fsp3) is 0.300. The summed E-state index contributed by atoms with van der Waals surface area (Å²) in [5, 5.41) is 15.9. The van der Waals surface area contributed by atoms with Crippen LogP contribution in [0.4, 0.5) is 11.5 Å². The molecule has 1 amide bonds. The SMILES string of the molecule is CCc1[nH]nc(C(=O)Nc2cc(C)[nH]n2)c1N. The van der Waals surface area contributed by atoms with Gasteiger partial charge in [-0.2, -0.15) is 10.2 Å². The van der Waals surface area contributed by atoms with Gasteiger partial charge in [-0.15, -0.1) is 0 Å². The van der Waals surface area contributed by atoms with Crippen LogP contribution in [0.5, 0.6) is 0 Å². The summed E-state index contributed by atoms with van der Waals surface area (Å²) in [4.78, 5) is 11.8. The second-order valence-corrected chi connectivity index (χ2v) is 3.71. The minimum absolute atomic E-state index is 0.197. The minimum Gasteiger partial charge on any atom is -0.395 e. The third-order valence-corrected chi connectivity index (χ3v) is 2.40. The van der Waals surface area contributed by atoms with Crippen molar-refractivity contribution in [1.29, 1.82) is 0 Å². The lowest BCUT2D eigenvalue weighted by atomic mass is 10.2. The van der Waals surface area contributed by atoms with E-state index in [0.29, 0.717) is 17.9 Å². The van der Waals surface area contributed by atoms with Gasteiger partial charge in [0.05, 0.1) is 11.4 Å². The molecule has 2 rings (SSSR count). The van der Waals surface area contributed by atoms with Gasteiger partial charge in [-0.3, -0.25) is 15.0 Å². The van der Waals surface area contributed by atoms with Gasteiger partial charge in [-0.1, -0.05) is 6.92 Å². The lowest BCUT2D eigenvalue weighted by molar-refractivity contribution is 0.102. The monoisotopic (exact) mass is 234 g/mol. The van der Waals surface area contributed by atoms with Crippen molar-refractivity contribution in [2.24, 2.45) is 0 Å². The van der Waals surface area contributed by atoms with E-state index >= 15 is 0 Å². The molecule has 0 radical (unpaired) electrons. The normalized spacial score (nSPS) is 10.5. The minimum atomic E-state index is -0.370. The van der Waals surface area contributed by atoms with Crippen LogP contribution in [0.3, 0.4) is 0 Å². The molecule has 0 spiro atoms. The summed E-state index contributed by atoms with van der Waals surface area (Å²) in [6.45, 7) is 3.78. The van der Waals surface area contributed by atoms with Crippen molar-refractivity contribution in [3.63, 3.8) is 0 Å². The maximum Gasteiger partial charge on any atom is 0.279 e. The molecular weight excluding hydrogens is 220 g/mol. The average molecular weight is 234 g/mol. The van der Waals surface area contributed by atoms with Crippen LogP contribution in [0.15, 0.2) is 6.07 Å². The van der Waals surface area contributed by atoms with E-state index in [1.807, 2.05) is 13.8 Å². The number of nitrogen functional groups attached to an aromatic ring is 1. The Bertz CT molecular complexity index is 541. The van der Waals surface area contributed by atoms with Crippen molar-refractivity contribution in [2.75, 3.05) is 11.1 Å². The summed E-state index contributed by atoms with van der Waals surface area (Å²) in [6.07, 6.45) is 0.702. The maximum absolute atomic E-state index is 11.8. The number of rotatable bonds is 3. The van der Waals surface area contributed by atoms with Crippen LogP contribution in [0.25, 0.3) is 0 Å². The van der Waals surface area contributed by atoms with Gasteiger partial charge in [0.15, 0.2) is 11.5 Å². The van der Waals surface area contributed by atoms with Crippen LogP contribution in [-0.2, 0) is 6.42 Å². The van der Waals surface area contributed by atoms with Crippen molar-refractivity contribution >= 4 is 17.4 Å². The number of H-pyrrole nitrogens is 2. The largest absolute Gasteiger partial charge is 0.395 e. The Labute approximate surface area is 97.8 Å². The van der Waals surface area contributed by atoms with Crippen molar-refractivity contribution in [3.8, 4) is 0 Å². The highest BCUT2D eigenvalue weighted by Gasteiger charge is 2.17. The van der Waals surface area contributed by atoms with Crippen molar-refractivity contribution in [3.05, 3.63) is 23.1 Å². The number of hydrogen-bond acceptors (Lipinski definition) is 4. The number of aromatic amines is 2. The fourth-order valence-electron chi connectivity index (χ4n) is 1.49. The zero-order chi connectivity index (χ0) is 12.4. The Balaban J connectivity index is 2.17. The van der Waals surface area contributed by atoms with Gasteiger partial charge >= 0.3 is 0 Å². The Morgan fingerprint density at radius 3 is 2.76 bits per heavy atom. The van der Waals surface area contributed by atoms with Gasteiger partial charge in [0, 0.05) is 11.8 Å². The van der Waals surface area contributed by atoms with E-state index < -0.39 is 0 Å². The number of nitrogens with two attached hydrogens (primary N) is 1. The molecule has 2 heterocycles. The molecule has 7 heteroatoms. The first-order valence-electron chi connectivity index (χ1n) is 5.28. The number of amides is 1. The predicted octanol–water partition coefficient (Wildman–Crippen LogP) is 0.838. The fourth-order valence-corrected chi connectivity index (χ4v) is 1.49. The molecule has 7 nitrogen and oxygen atoms in total. The molecule has 0 aliphatic rings. The van der Waals surface area contributed by atoms with Crippen LogP contribution < -0.4 is 11.1 Å². The standard InChI is InChI=1S/C10H14N6O/c1-3-6-8(11)9(16-14-6)10(17)12-7-4-5(2)13-15-7/h4H,3,11H2,1-2H3,(H,14,16)(H2,12,13,15,17). The van der Waals surface area contributed by atoms with E-state index in [4.69, 9.17) is 5.73 Å². The number of hydrogen-bond donors (Lipinski definition) is 4. The number of nitrogens with zero attached hydrogens (tertiary/aromatic N) is 2. The molecule has 90 valence electrons. The molecule has 0 bridgehead atoms. The predicted molar refractivity (Wildman–Crippen MR) is 63.7 cm³/mol. The van der Waals surface area contributed by atoms with E-state index in [0.717, 1.165) is 11.4 Å². The smallest absolute Gasteiger partial charge is 0.279 e. The molecule has 17 heavy (non-hydrogen) atoms. The molecule has 2 aromatic rings. The second kappa shape index (κ2) is 4.28. The molecule has 0 aromatic carbocycles. The first-order chi connectivity index (χ1) is 8.11. The van der Waals surface area contributed by atoms with Crippen molar-refractivity contribution < 1.29 is 4.79 Å². The molecule has 0 saturated heterocycles. The van der Waals surface area contributed by atoms with Gasteiger partial charge in [-0.25, -0.2) is 0 Å². The van der Waals surface area contributed by atoms with Crippen LogP contribution in [-0.4, -0.2) is 26.3 Å². The van der Waals surface area contributed by atoms with Gasteiger partial charge in [0.2, 0.25) is 0 Å². The third-order valence-electron chi connectivity index (χ3n) is 2.40. The van der Waals surface area contributed by atoms with E-state index in [-0.39, 0.29) is 11.6 Å². The number of aryl methyl sites for hydroxylation is 2. The van der Waals surface area contributed by atoms with E-state index in [1.54, 1.807) is 6.07 Å². The Kier molecular flexibility index (Phi) is 2.82. The molecule has 0 atom stereocenters. The summed E-state index contributed by atoms with van der Waals surface area (Å²) in [6, 6.07) is 1.72. The summed E-state index contributed by atoms with van der Waals surface area (Å²) in [7, 11) is 0. The first-order valence-corrected chi connectivity index (χ1v) is 5.28. The lowest BCUT2D eigenvalue weighted by Gasteiger charge is -1.99. The van der Waals surface area contributed by atoms with Gasteiger partial charge in [-0.05, 0) is 13.3 Å². The zero-order valence-electron chi connectivity index (χ0n) is 9.66. The Morgan fingerprint density at radius 1 is 1.47 bits per heavy atom. The van der Waals surface area contributed by atoms with Crippen molar-refractivity contribution in [2.45, 2.75) is 20.3 Å². The maximum atomic E-state index is 11.8. The first kappa shape index (κ1) is 11.2. The highest BCUT2D eigenvalue weighted by Crippen LogP contribution is 2.15. The molecule has 0 unspecified atom stereocenters. The summed E-state index contributed by atoms with van der Waals surface area (Å²) < 4.78 is 0. The molecule has 5 N–H and O–H groups in total. The molecular formula is C10H14N6O.